The Morgan fingerprint density at radius 1 is 0.567 bits per heavy atom. The molecule has 0 aliphatic heterocycles. The summed E-state index contributed by atoms with van der Waals surface area (Å²) >= 11 is 0. The van der Waals surface area contributed by atoms with Crippen molar-refractivity contribution in [3.8, 4) is 0 Å². The van der Waals surface area contributed by atoms with Crippen molar-refractivity contribution in [1.29, 1.82) is 0 Å². The van der Waals surface area contributed by atoms with Gasteiger partial charge in [-0.25, -0.2) is 8.42 Å². The summed E-state index contributed by atoms with van der Waals surface area (Å²) in [6, 6.07) is 0. The van der Waals surface area contributed by atoms with E-state index >= 15 is 0 Å². The summed E-state index contributed by atoms with van der Waals surface area (Å²) in [6.07, 6.45) is 24.4. The third-order valence-electron chi connectivity index (χ3n) is 5.98. The van der Waals surface area contributed by atoms with E-state index in [9.17, 15) is 18.1 Å². The van der Waals surface area contributed by atoms with Crippen LogP contribution in [0.2, 0.25) is 0 Å². The van der Waals surface area contributed by atoms with Crippen LogP contribution in [0.4, 0.5) is 0 Å². The fraction of sp³-hybridized carbons (Fsp3) is 1.00. The predicted octanol–water partition coefficient (Wildman–Crippen LogP) is 4.11. The zero-order valence-corrected chi connectivity index (χ0v) is 23.2. The van der Waals surface area contributed by atoms with Crippen molar-refractivity contribution in [3.05, 3.63) is 0 Å². The van der Waals surface area contributed by atoms with Gasteiger partial charge in [-0.1, -0.05) is 116 Å². The van der Waals surface area contributed by atoms with Gasteiger partial charge < -0.3 is 9.66 Å². The monoisotopic (exact) mass is 456 g/mol. The molecule has 2 unspecified atom stereocenters. The summed E-state index contributed by atoms with van der Waals surface area (Å²) in [6.45, 7) is 3.40. The third-order valence-corrected chi connectivity index (χ3v) is 7.20. The van der Waals surface area contributed by atoms with Gasteiger partial charge in [-0.05, 0) is 26.7 Å². The number of hydrogen-bond acceptors (Lipinski definition) is 4. The number of unbranched alkanes of at least 4 members (excludes halogenated alkanes) is 17. The topological polar surface area (TPSA) is 77.4 Å². The molecule has 6 heteroatoms. The van der Waals surface area contributed by atoms with Crippen molar-refractivity contribution in [1.82, 2.24) is 0 Å². The first-order valence-corrected chi connectivity index (χ1v) is 13.9. The van der Waals surface area contributed by atoms with Crippen molar-refractivity contribution < 1.29 is 47.6 Å². The fourth-order valence-electron chi connectivity index (χ4n) is 3.84. The Morgan fingerprint density at radius 2 is 0.800 bits per heavy atom. The standard InChI is InChI=1S/C24H50O4S.Na/c1-23(25)21-19-17-15-13-11-9-7-5-3-4-6-8-10-12-14-16-18-20-22-24(2)29(26,27)28;/h23-25H,3-22H2,1-2H3,(H,26,27,28);/q;+1/p-1. The zero-order chi connectivity index (χ0) is 21.8. The SMILES string of the molecule is CC(O)CCCCCCCCCCCCCCCCCCCCC(C)S(=O)(=O)[O-].[Na+]. The van der Waals surface area contributed by atoms with E-state index in [4.69, 9.17) is 0 Å². The summed E-state index contributed by atoms with van der Waals surface area (Å²) in [7, 11) is -4.09. The Bertz CT molecular complexity index is 440. The Morgan fingerprint density at radius 3 is 1.03 bits per heavy atom. The van der Waals surface area contributed by atoms with Gasteiger partial charge in [0.1, 0.15) is 0 Å². The zero-order valence-electron chi connectivity index (χ0n) is 20.4. The average molecular weight is 457 g/mol. The summed E-state index contributed by atoms with van der Waals surface area (Å²) in [5.74, 6) is 0. The molecule has 0 aromatic heterocycles. The van der Waals surface area contributed by atoms with Crippen molar-refractivity contribution in [2.45, 2.75) is 154 Å². The second-order valence-electron chi connectivity index (χ2n) is 9.09. The molecular formula is C24H49NaO4S. The van der Waals surface area contributed by atoms with E-state index in [1.54, 1.807) is 0 Å². The number of aliphatic hydroxyl groups excluding tert-OH is 1. The van der Waals surface area contributed by atoms with Crippen LogP contribution in [0, 0.1) is 0 Å². The summed E-state index contributed by atoms with van der Waals surface area (Å²) < 4.78 is 32.4. The molecule has 0 amide bonds. The van der Waals surface area contributed by atoms with Gasteiger partial charge in [0.15, 0.2) is 0 Å². The van der Waals surface area contributed by atoms with Gasteiger partial charge in [-0.2, -0.15) is 0 Å². The molecule has 2 atom stereocenters. The quantitative estimate of drug-likeness (QED) is 0.151. The molecule has 0 fully saturated rings. The fourth-order valence-corrected chi connectivity index (χ4v) is 4.30. The van der Waals surface area contributed by atoms with Gasteiger partial charge in [-0.3, -0.25) is 0 Å². The minimum Gasteiger partial charge on any atom is -0.748 e. The Hall–Kier alpha value is 0.870. The Balaban J connectivity index is 0. The smallest absolute Gasteiger partial charge is 0.748 e. The maximum Gasteiger partial charge on any atom is 1.00 e. The van der Waals surface area contributed by atoms with E-state index in [1.807, 2.05) is 6.92 Å². The molecule has 0 aliphatic rings. The maximum absolute atomic E-state index is 10.8. The molecule has 4 nitrogen and oxygen atoms in total. The van der Waals surface area contributed by atoms with Crippen LogP contribution in [0.25, 0.3) is 0 Å². The molecule has 0 spiro atoms. The van der Waals surface area contributed by atoms with Crippen LogP contribution in [-0.4, -0.2) is 29.4 Å². The molecule has 0 heterocycles. The largest absolute Gasteiger partial charge is 1.00 e. The van der Waals surface area contributed by atoms with Crippen LogP contribution in [0.3, 0.4) is 0 Å². The van der Waals surface area contributed by atoms with Crippen LogP contribution >= 0.6 is 0 Å². The van der Waals surface area contributed by atoms with E-state index in [2.05, 4.69) is 0 Å². The number of hydrogen-bond donors (Lipinski definition) is 1. The molecule has 0 radical (unpaired) electrons. The first-order valence-electron chi connectivity index (χ1n) is 12.5. The van der Waals surface area contributed by atoms with Gasteiger partial charge in [0, 0.05) is 5.25 Å². The first-order chi connectivity index (χ1) is 13.8. The van der Waals surface area contributed by atoms with Crippen LogP contribution in [0.5, 0.6) is 0 Å². The molecule has 30 heavy (non-hydrogen) atoms. The van der Waals surface area contributed by atoms with E-state index in [0.29, 0.717) is 6.42 Å². The Kier molecular flexibility index (Phi) is 25.4. The van der Waals surface area contributed by atoms with Crippen LogP contribution in [0.15, 0.2) is 0 Å². The molecule has 176 valence electrons. The minimum atomic E-state index is -4.09. The minimum absolute atomic E-state index is 0. The number of aliphatic hydroxyl groups is 1. The van der Waals surface area contributed by atoms with Gasteiger partial charge in [0.25, 0.3) is 0 Å². The van der Waals surface area contributed by atoms with Crippen LogP contribution < -0.4 is 29.6 Å². The van der Waals surface area contributed by atoms with Gasteiger partial charge in [-0.15, -0.1) is 0 Å². The average Bonchev–Trinajstić information content (AvgIpc) is 2.65. The molecule has 0 saturated carbocycles. The molecule has 0 aliphatic carbocycles. The van der Waals surface area contributed by atoms with E-state index in [-0.39, 0.29) is 35.7 Å². The second-order valence-corrected chi connectivity index (χ2v) is 10.9. The summed E-state index contributed by atoms with van der Waals surface area (Å²) in [5.41, 5.74) is 0. The van der Waals surface area contributed by atoms with Crippen molar-refractivity contribution in [2.24, 2.45) is 0 Å². The van der Waals surface area contributed by atoms with E-state index in [0.717, 1.165) is 25.7 Å². The molecular weight excluding hydrogens is 407 g/mol. The molecule has 0 saturated heterocycles. The van der Waals surface area contributed by atoms with Gasteiger partial charge in [0.2, 0.25) is 0 Å². The van der Waals surface area contributed by atoms with Crippen molar-refractivity contribution >= 4 is 10.1 Å². The molecule has 0 aromatic rings. The molecule has 0 aromatic carbocycles. The molecule has 0 rings (SSSR count). The van der Waals surface area contributed by atoms with Crippen molar-refractivity contribution in [2.75, 3.05) is 0 Å². The summed E-state index contributed by atoms with van der Waals surface area (Å²) in [4.78, 5) is 0. The number of rotatable bonds is 22. The predicted molar refractivity (Wildman–Crippen MR) is 123 cm³/mol. The molecule has 0 bridgehead atoms. The van der Waals surface area contributed by atoms with Crippen LogP contribution in [-0.2, 0) is 10.1 Å². The van der Waals surface area contributed by atoms with E-state index in [1.165, 1.54) is 103 Å². The maximum atomic E-state index is 10.8. The van der Waals surface area contributed by atoms with E-state index < -0.39 is 15.4 Å². The third kappa shape index (κ3) is 25.1. The normalized spacial score (nSPS) is 13.7. The first kappa shape index (κ1) is 33.0. The second kappa shape index (κ2) is 23.0. The van der Waals surface area contributed by atoms with Gasteiger partial charge in [0.05, 0.1) is 16.2 Å². The molecule has 1 N–H and O–H groups in total. The summed E-state index contributed by atoms with van der Waals surface area (Å²) in [5, 5.41) is 8.48. The Labute approximate surface area is 210 Å². The van der Waals surface area contributed by atoms with Crippen molar-refractivity contribution in [3.63, 3.8) is 0 Å². The van der Waals surface area contributed by atoms with Crippen LogP contribution in [0.1, 0.15) is 142 Å². The van der Waals surface area contributed by atoms with Gasteiger partial charge >= 0.3 is 29.6 Å².